The van der Waals surface area contributed by atoms with Gasteiger partial charge in [-0.15, -0.1) is 0 Å². The molecule has 102 valence electrons. The fourth-order valence-corrected chi connectivity index (χ4v) is 3.07. The number of piperidine rings is 1. The van der Waals surface area contributed by atoms with E-state index in [9.17, 15) is 14.7 Å². The SMILES string of the molecule is CC1(C(=O)O)CCCCN1C(=O)c1ccccc1I. The van der Waals surface area contributed by atoms with Crippen molar-refractivity contribution < 1.29 is 14.7 Å². The largest absolute Gasteiger partial charge is 0.480 e. The lowest BCUT2D eigenvalue weighted by molar-refractivity contribution is -0.150. The first-order valence-electron chi connectivity index (χ1n) is 6.27. The molecule has 0 spiro atoms. The van der Waals surface area contributed by atoms with Gasteiger partial charge in [0, 0.05) is 10.1 Å². The Kier molecular flexibility index (Phi) is 4.13. The number of halogens is 1. The maximum absolute atomic E-state index is 12.6. The third-order valence-electron chi connectivity index (χ3n) is 3.70. The number of hydrogen-bond donors (Lipinski definition) is 1. The van der Waals surface area contributed by atoms with Crippen molar-refractivity contribution in [3.05, 3.63) is 33.4 Å². The van der Waals surface area contributed by atoms with E-state index < -0.39 is 11.5 Å². The molecule has 1 N–H and O–H groups in total. The van der Waals surface area contributed by atoms with Gasteiger partial charge in [0.15, 0.2) is 0 Å². The van der Waals surface area contributed by atoms with E-state index in [1.165, 1.54) is 4.90 Å². The Hall–Kier alpha value is -1.11. The van der Waals surface area contributed by atoms with Crippen LogP contribution in [0.2, 0.25) is 0 Å². The molecule has 1 aliphatic heterocycles. The Morgan fingerprint density at radius 3 is 2.63 bits per heavy atom. The zero-order valence-electron chi connectivity index (χ0n) is 10.7. The van der Waals surface area contributed by atoms with Crippen LogP contribution in [-0.2, 0) is 4.79 Å². The minimum atomic E-state index is -1.09. The molecule has 0 bridgehead atoms. The molecule has 1 heterocycles. The summed E-state index contributed by atoms with van der Waals surface area (Å²) in [6.45, 7) is 2.15. The van der Waals surface area contributed by atoms with Crippen molar-refractivity contribution in [1.29, 1.82) is 0 Å². The third kappa shape index (κ3) is 2.61. The van der Waals surface area contributed by atoms with E-state index in [1.54, 1.807) is 19.1 Å². The molecule has 0 saturated carbocycles. The van der Waals surface area contributed by atoms with Crippen molar-refractivity contribution in [2.75, 3.05) is 6.54 Å². The zero-order valence-corrected chi connectivity index (χ0v) is 12.9. The molecule has 4 nitrogen and oxygen atoms in total. The van der Waals surface area contributed by atoms with Crippen LogP contribution >= 0.6 is 22.6 Å². The summed E-state index contributed by atoms with van der Waals surface area (Å²) in [5, 5.41) is 9.44. The average Bonchev–Trinajstić information content (AvgIpc) is 2.39. The number of likely N-dealkylation sites (tertiary alicyclic amines) is 1. The van der Waals surface area contributed by atoms with E-state index in [-0.39, 0.29) is 5.91 Å². The summed E-state index contributed by atoms with van der Waals surface area (Å²) in [4.78, 5) is 25.6. The normalized spacial score (nSPS) is 23.2. The molecular weight excluding hydrogens is 357 g/mol. The minimum absolute atomic E-state index is 0.186. The van der Waals surface area contributed by atoms with E-state index in [2.05, 4.69) is 22.6 Å². The molecule has 1 unspecified atom stereocenters. The fraction of sp³-hybridized carbons (Fsp3) is 0.429. The van der Waals surface area contributed by atoms with Gasteiger partial charge in [-0.25, -0.2) is 4.79 Å². The molecule has 1 aromatic rings. The summed E-state index contributed by atoms with van der Waals surface area (Å²) in [7, 11) is 0. The maximum atomic E-state index is 12.6. The Morgan fingerprint density at radius 2 is 2.00 bits per heavy atom. The summed E-state index contributed by atoms with van der Waals surface area (Å²) in [5.74, 6) is -1.11. The van der Waals surface area contributed by atoms with Crippen molar-refractivity contribution in [2.45, 2.75) is 31.7 Å². The summed E-state index contributed by atoms with van der Waals surface area (Å²) in [6.07, 6.45) is 2.22. The first-order valence-corrected chi connectivity index (χ1v) is 7.34. The second-order valence-corrected chi connectivity index (χ2v) is 6.13. The molecule has 2 rings (SSSR count). The number of hydrogen-bond acceptors (Lipinski definition) is 2. The van der Waals surface area contributed by atoms with E-state index in [0.717, 1.165) is 16.4 Å². The second-order valence-electron chi connectivity index (χ2n) is 4.97. The van der Waals surface area contributed by atoms with Gasteiger partial charge in [-0.1, -0.05) is 12.1 Å². The van der Waals surface area contributed by atoms with Gasteiger partial charge in [-0.2, -0.15) is 0 Å². The van der Waals surface area contributed by atoms with Gasteiger partial charge in [0.05, 0.1) is 5.56 Å². The maximum Gasteiger partial charge on any atom is 0.329 e. The summed E-state index contributed by atoms with van der Waals surface area (Å²) in [5.41, 5.74) is -0.508. The van der Waals surface area contributed by atoms with E-state index in [0.29, 0.717) is 18.5 Å². The van der Waals surface area contributed by atoms with Crippen molar-refractivity contribution in [2.24, 2.45) is 0 Å². The number of amides is 1. The van der Waals surface area contributed by atoms with Crippen LogP contribution in [0.5, 0.6) is 0 Å². The van der Waals surface area contributed by atoms with Crippen LogP contribution < -0.4 is 0 Å². The van der Waals surface area contributed by atoms with Crippen LogP contribution in [0.1, 0.15) is 36.5 Å². The minimum Gasteiger partial charge on any atom is -0.480 e. The van der Waals surface area contributed by atoms with Crippen molar-refractivity contribution in [3.63, 3.8) is 0 Å². The molecule has 5 heteroatoms. The number of rotatable bonds is 2. The van der Waals surface area contributed by atoms with Gasteiger partial charge in [-0.05, 0) is 60.9 Å². The highest BCUT2D eigenvalue weighted by atomic mass is 127. The van der Waals surface area contributed by atoms with Crippen LogP contribution in [0.4, 0.5) is 0 Å². The summed E-state index contributed by atoms with van der Waals surface area (Å²) in [6, 6.07) is 7.28. The molecular formula is C14H16INO3. The number of nitrogens with zero attached hydrogens (tertiary/aromatic N) is 1. The lowest BCUT2D eigenvalue weighted by Crippen LogP contribution is -2.57. The van der Waals surface area contributed by atoms with E-state index >= 15 is 0 Å². The number of carbonyl (C=O) groups is 2. The van der Waals surface area contributed by atoms with Gasteiger partial charge >= 0.3 is 5.97 Å². The van der Waals surface area contributed by atoms with Crippen LogP contribution in [-0.4, -0.2) is 34.0 Å². The van der Waals surface area contributed by atoms with Crippen LogP contribution in [0.15, 0.2) is 24.3 Å². The first-order chi connectivity index (χ1) is 8.97. The van der Waals surface area contributed by atoms with E-state index in [1.807, 2.05) is 12.1 Å². The molecule has 19 heavy (non-hydrogen) atoms. The fourth-order valence-electron chi connectivity index (χ4n) is 2.45. The average molecular weight is 373 g/mol. The van der Waals surface area contributed by atoms with Crippen molar-refractivity contribution >= 4 is 34.5 Å². The molecule has 1 aliphatic rings. The number of carboxylic acid groups (broad SMARTS) is 1. The highest BCUT2D eigenvalue weighted by Crippen LogP contribution is 2.30. The van der Waals surface area contributed by atoms with Crippen LogP contribution in [0.25, 0.3) is 0 Å². The Bertz CT molecular complexity index is 517. The Morgan fingerprint density at radius 1 is 1.32 bits per heavy atom. The third-order valence-corrected chi connectivity index (χ3v) is 4.64. The predicted molar refractivity (Wildman–Crippen MR) is 80.1 cm³/mol. The zero-order chi connectivity index (χ0) is 14.0. The molecule has 1 saturated heterocycles. The standard InChI is InChI=1S/C14H16INO3/c1-14(13(18)19)8-4-5-9-16(14)12(17)10-6-2-3-7-11(10)15/h2-3,6-7H,4-5,8-9H2,1H3,(H,18,19). The molecule has 1 atom stereocenters. The monoisotopic (exact) mass is 373 g/mol. The molecule has 1 aromatic carbocycles. The Labute approximate surface area is 125 Å². The van der Waals surface area contributed by atoms with Gasteiger partial charge in [0.25, 0.3) is 5.91 Å². The van der Waals surface area contributed by atoms with E-state index in [4.69, 9.17) is 0 Å². The highest BCUT2D eigenvalue weighted by Gasteiger charge is 2.44. The van der Waals surface area contributed by atoms with Gasteiger partial charge in [0.2, 0.25) is 0 Å². The first kappa shape index (κ1) is 14.3. The second kappa shape index (κ2) is 5.48. The molecule has 0 aliphatic carbocycles. The topological polar surface area (TPSA) is 57.6 Å². The Balaban J connectivity index is 2.36. The molecule has 1 fully saturated rings. The van der Waals surface area contributed by atoms with Gasteiger partial charge in [0.1, 0.15) is 5.54 Å². The van der Waals surface area contributed by atoms with Crippen molar-refractivity contribution in [1.82, 2.24) is 4.90 Å². The molecule has 1 amide bonds. The highest BCUT2D eigenvalue weighted by molar-refractivity contribution is 14.1. The van der Waals surface area contributed by atoms with Gasteiger partial charge < -0.3 is 10.0 Å². The summed E-state index contributed by atoms with van der Waals surface area (Å²) < 4.78 is 0.850. The van der Waals surface area contributed by atoms with Gasteiger partial charge in [-0.3, -0.25) is 4.79 Å². The number of carboxylic acids is 1. The van der Waals surface area contributed by atoms with Crippen LogP contribution in [0.3, 0.4) is 0 Å². The quantitative estimate of drug-likeness (QED) is 0.812. The van der Waals surface area contributed by atoms with Crippen molar-refractivity contribution in [3.8, 4) is 0 Å². The molecule has 0 radical (unpaired) electrons. The van der Waals surface area contributed by atoms with Crippen LogP contribution in [0, 0.1) is 3.57 Å². The number of carbonyl (C=O) groups excluding carboxylic acids is 1. The molecule has 0 aromatic heterocycles. The number of aliphatic carboxylic acids is 1. The summed E-state index contributed by atoms with van der Waals surface area (Å²) >= 11 is 2.11. The predicted octanol–water partition coefficient (Wildman–Crippen LogP) is 2.76. The smallest absolute Gasteiger partial charge is 0.329 e. The lowest BCUT2D eigenvalue weighted by Gasteiger charge is -2.41. The lowest BCUT2D eigenvalue weighted by atomic mass is 9.88. The number of benzene rings is 1.